The first kappa shape index (κ1) is 14.8. The molecule has 2 aromatic rings. The van der Waals surface area contributed by atoms with E-state index in [4.69, 9.17) is 0 Å². The smallest absolute Gasteiger partial charge is 0.0949 e. The van der Waals surface area contributed by atoms with Crippen LogP contribution < -0.4 is 5.32 Å². The van der Waals surface area contributed by atoms with E-state index in [2.05, 4.69) is 58.3 Å². The Morgan fingerprint density at radius 1 is 1.10 bits per heavy atom. The molecule has 0 bridgehead atoms. The molecule has 0 saturated heterocycles. The van der Waals surface area contributed by atoms with Gasteiger partial charge in [-0.2, -0.15) is 0 Å². The van der Waals surface area contributed by atoms with Crippen LogP contribution in [0.5, 0.6) is 0 Å². The summed E-state index contributed by atoms with van der Waals surface area (Å²) in [5.41, 5.74) is 2.60. The van der Waals surface area contributed by atoms with E-state index in [1.54, 1.807) is 0 Å². The van der Waals surface area contributed by atoms with E-state index in [9.17, 15) is 0 Å². The average Bonchev–Trinajstić information content (AvgIpc) is 2.93. The van der Waals surface area contributed by atoms with Gasteiger partial charge in [-0.3, -0.25) is 0 Å². The van der Waals surface area contributed by atoms with Crippen LogP contribution in [-0.2, 0) is 19.4 Å². The Labute approximate surface area is 122 Å². The summed E-state index contributed by atoms with van der Waals surface area (Å²) in [7, 11) is 0. The third kappa shape index (κ3) is 5.17. The Bertz CT molecular complexity index is 476. The van der Waals surface area contributed by atoms with Crippen molar-refractivity contribution in [1.82, 2.24) is 14.9 Å². The highest BCUT2D eigenvalue weighted by Crippen LogP contribution is 2.05. The van der Waals surface area contributed by atoms with Crippen molar-refractivity contribution in [2.45, 2.75) is 39.2 Å². The molecule has 1 aromatic carbocycles. The molecule has 3 nitrogen and oxygen atoms in total. The Balaban J connectivity index is 1.67. The molecule has 0 amide bonds. The molecule has 0 spiro atoms. The normalized spacial score (nSPS) is 10.8. The summed E-state index contributed by atoms with van der Waals surface area (Å²) in [4.78, 5) is 4.46. The Morgan fingerprint density at radius 2 is 1.95 bits per heavy atom. The molecule has 1 heterocycles. The van der Waals surface area contributed by atoms with Crippen LogP contribution in [0.2, 0.25) is 0 Å². The topological polar surface area (TPSA) is 29.9 Å². The molecular weight excluding hydrogens is 246 g/mol. The molecule has 0 saturated carbocycles. The van der Waals surface area contributed by atoms with Crippen LogP contribution in [0, 0.1) is 0 Å². The van der Waals surface area contributed by atoms with Gasteiger partial charge >= 0.3 is 0 Å². The van der Waals surface area contributed by atoms with Crippen LogP contribution >= 0.6 is 0 Å². The van der Waals surface area contributed by atoms with Crippen LogP contribution in [0.4, 0.5) is 0 Å². The standard InChI is InChI=1S/C17H25N3/c1-2-11-18-12-10-17-14-20(15-19-17)13-6-9-16-7-4-3-5-8-16/h3-5,7-8,14-15,18H,2,6,9-13H2,1H3. The molecule has 1 aromatic heterocycles. The third-order valence-electron chi connectivity index (χ3n) is 3.40. The molecule has 0 fully saturated rings. The summed E-state index contributed by atoms with van der Waals surface area (Å²) in [6, 6.07) is 10.7. The van der Waals surface area contributed by atoms with Crippen molar-refractivity contribution in [2.24, 2.45) is 0 Å². The van der Waals surface area contributed by atoms with E-state index >= 15 is 0 Å². The lowest BCUT2D eigenvalue weighted by molar-refractivity contribution is 0.639. The number of aryl methyl sites for hydroxylation is 2. The van der Waals surface area contributed by atoms with Crippen molar-refractivity contribution >= 4 is 0 Å². The minimum Gasteiger partial charge on any atom is -0.337 e. The lowest BCUT2D eigenvalue weighted by atomic mass is 10.1. The van der Waals surface area contributed by atoms with Gasteiger partial charge in [-0.05, 0) is 31.4 Å². The number of hydrogen-bond donors (Lipinski definition) is 1. The predicted molar refractivity (Wildman–Crippen MR) is 83.9 cm³/mol. The SMILES string of the molecule is CCCNCCc1cn(CCCc2ccccc2)cn1. The summed E-state index contributed by atoms with van der Waals surface area (Å²) >= 11 is 0. The van der Waals surface area contributed by atoms with Gasteiger partial charge in [0.05, 0.1) is 12.0 Å². The molecule has 0 aliphatic rings. The van der Waals surface area contributed by atoms with Crippen LogP contribution in [-0.4, -0.2) is 22.6 Å². The zero-order valence-electron chi connectivity index (χ0n) is 12.4. The summed E-state index contributed by atoms with van der Waals surface area (Å²) in [5.74, 6) is 0. The summed E-state index contributed by atoms with van der Waals surface area (Å²) < 4.78 is 2.21. The fourth-order valence-electron chi connectivity index (χ4n) is 2.29. The summed E-state index contributed by atoms with van der Waals surface area (Å²) in [6.07, 6.45) is 8.64. The molecule has 0 unspecified atom stereocenters. The molecule has 0 aliphatic carbocycles. The lowest BCUT2D eigenvalue weighted by Crippen LogP contribution is -2.17. The van der Waals surface area contributed by atoms with Crippen LogP contribution in [0.25, 0.3) is 0 Å². The second-order valence-corrected chi connectivity index (χ2v) is 5.19. The zero-order chi connectivity index (χ0) is 14.0. The largest absolute Gasteiger partial charge is 0.337 e. The number of nitrogens with one attached hydrogen (secondary N) is 1. The van der Waals surface area contributed by atoms with Crippen LogP contribution in [0.3, 0.4) is 0 Å². The van der Waals surface area contributed by atoms with Gasteiger partial charge in [0, 0.05) is 25.7 Å². The van der Waals surface area contributed by atoms with Gasteiger partial charge in [-0.15, -0.1) is 0 Å². The molecule has 2 rings (SSSR count). The minimum atomic E-state index is 1.02. The molecule has 3 heteroatoms. The molecular formula is C17H25N3. The number of imidazole rings is 1. The second kappa shape index (κ2) is 8.54. The van der Waals surface area contributed by atoms with E-state index in [0.717, 1.165) is 38.9 Å². The lowest BCUT2D eigenvalue weighted by Gasteiger charge is -2.03. The monoisotopic (exact) mass is 271 g/mol. The molecule has 0 atom stereocenters. The van der Waals surface area contributed by atoms with Crippen molar-refractivity contribution in [2.75, 3.05) is 13.1 Å². The minimum absolute atomic E-state index is 1.02. The quantitative estimate of drug-likeness (QED) is 0.710. The first-order valence-corrected chi connectivity index (χ1v) is 7.64. The van der Waals surface area contributed by atoms with Crippen molar-refractivity contribution in [3.05, 3.63) is 54.1 Å². The van der Waals surface area contributed by atoms with E-state index < -0.39 is 0 Å². The Morgan fingerprint density at radius 3 is 2.75 bits per heavy atom. The molecule has 108 valence electrons. The van der Waals surface area contributed by atoms with Gasteiger partial charge < -0.3 is 9.88 Å². The zero-order valence-corrected chi connectivity index (χ0v) is 12.4. The van der Waals surface area contributed by atoms with Gasteiger partial charge in [0.1, 0.15) is 0 Å². The van der Waals surface area contributed by atoms with Crippen molar-refractivity contribution < 1.29 is 0 Å². The van der Waals surface area contributed by atoms with Crippen molar-refractivity contribution in [3.8, 4) is 0 Å². The first-order valence-electron chi connectivity index (χ1n) is 7.64. The number of nitrogens with zero attached hydrogens (tertiary/aromatic N) is 2. The predicted octanol–water partition coefficient (Wildman–Crippen LogP) is 3.06. The summed E-state index contributed by atoms with van der Waals surface area (Å²) in [5, 5.41) is 3.41. The summed E-state index contributed by atoms with van der Waals surface area (Å²) in [6.45, 7) is 5.35. The van der Waals surface area contributed by atoms with E-state index in [-0.39, 0.29) is 0 Å². The highest BCUT2D eigenvalue weighted by Gasteiger charge is 1.99. The number of aromatic nitrogens is 2. The second-order valence-electron chi connectivity index (χ2n) is 5.19. The maximum atomic E-state index is 4.46. The van der Waals surface area contributed by atoms with Gasteiger partial charge in [0.2, 0.25) is 0 Å². The molecule has 0 aliphatic heterocycles. The molecule has 0 radical (unpaired) electrons. The number of benzene rings is 1. The first-order chi connectivity index (χ1) is 9.88. The van der Waals surface area contributed by atoms with E-state index in [1.807, 2.05) is 6.33 Å². The Kier molecular flexibility index (Phi) is 6.32. The average molecular weight is 271 g/mol. The number of rotatable bonds is 9. The van der Waals surface area contributed by atoms with E-state index in [1.165, 1.54) is 17.7 Å². The van der Waals surface area contributed by atoms with Gasteiger partial charge in [-0.1, -0.05) is 37.3 Å². The van der Waals surface area contributed by atoms with Crippen molar-refractivity contribution in [3.63, 3.8) is 0 Å². The maximum absolute atomic E-state index is 4.46. The van der Waals surface area contributed by atoms with Crippen LogP contribution in [0.15, 0.2) is 42.9 Å². The fraction of sp³-hybridized carbons (Fsp3) is 0.471. The highest BCUT2D eigenvalue weighted by molar-refractivity contribution is 5.14. The van der Waals surface area contributed by atoms with Gasteiger partial charge in [0.25, 0.3) is 0 Å². The highest BCUT2D eigenvalue weighted by atomic mass is 15.0. The maximum Gasteiger partial charge on any atom is 0.0949 e. The van der Waals surface area contributed by atoms with Crippen molar-refractivity contribution in [1.29, 1.82) is 0 Å². The number of hydrogen-bond acceptors (Lipinski definition) is 2. The van der Waals surface area contributed by atoms with Gasteiger partial charge in [-0.25, -0.2) is 4.98 Å². The molecule has 1 N–H and O–H groups in total. The van der Waals surface area contributed by atoms with Crippen LogP contribution in [0.1, 0.15) is 31.0 Å². The van der Waals surface area contributed by atoms with E-state index in [0.29, 0.717) is 0 Å². The van der Waals surface area contributed by atoms with Gasteiger partial charge in [0.15, 0.2) is 0 Å². The third-order valence-corrected chi connectivity index (χ3v) is 3.40. The fourth-order valence-corrected chi connectivity index (χ4v) is 2.29. The Hall–Kier alpha value is -1.61. The molecule has 20 heavy (non-hydrogen) atoms.